The van der Waals surface area contributed by atoms with E-state index < -0.39 is 16.7 Å². The van der Waals surface area contributed by atoms with E-state index in [0.29, 0.717) is 0 Å². The number of hydrogen-bond acceptors (Lipinski definition) is 4. The first kappa shape index (κ1) is 14.9. The topological polar surface area (TPSA) is 84.7 Å². The molecule has 1 N–H and O–H groups in total. The average molecular weight is 322 g/mol. The summed E-state index contributed by atoms with van der Waals surface area (Å²) in [5.74, 6) is 0.165. The summed E-state index contributed by atoms with van der Waals surface area (Å²) in [5, 5.41) is 10.7. The molecule has 118 valence electrons. The zero-order valence-corrected chi connectivity index (χ0v) is 11.7. The molecule has 1 aromatic carbocycles. The lowest BCUT2D eigenvalue weighted by molar-refractivity contribution is -0.385. The summed E-state index contributed by atoms with van der Waals surface area (Å²) < 4.78 is 38.9. The summed E-state index contributed by atoms with van der Waals surface area (Å²) in [7, 11) is 0. The van der Waals surface area contributed by atoms with Crippen LogP contribution >= 0.6 is 0 Å². The molecule has 9 heteroatoms. The summed E-state index contributed by atoms with van der Waals surface area (Å²) in [4.78, 5) is 20.8. The third-order valence-electron chi connectivity index (χ3n) is 3.35. The lowest BCUT2D eigenvalue weighted by Crippen LogP contribution is -2.07. The van der Waals surface area contributed by atoms with Gasteiger partial charge in [-0.2, -0.15) is 13.2 Å². The van der Waals surface area contributed by atoms with Gasteiger partial charge in [0.1, 0.15) is 12.0 Å². The lowest BCUT2D eigenvalue weighted by atomic mass is 10.0. The molecular weight excluding hydrogens is 313 g/mol. The molecule has 2 heterocycles. The van der Waals surface area contributed by atoms with Crippen LogP contribution in [0.3, 0.4) is 0 Å². The Hall–Kier alpha value is -2.97. The highest BCUT2D eigenvalue weighted by molar-refractivity contribution is 5.77. The van der Waals surface area contributed by atoms with Gasteiger partial charge in [0.05, 0.1) is 16.0 Å². The van der Waals surface area contributed by atoms with E-state index in [2.05, 4.69) is 15.0 Å². The predicted octanol–water partition coefficient (Wildman–Crippen LogP) is 3.86. The Morgan fingerprint density at radius 3 is 2.65 bits per heavy atom. The second kappa shape index (κ2) is 5.04. The number of hydrogen-bond donors (Lipinski definition) is 1. The van der Waals surface area contributed by atoms with Gasteiger partial charge in [0.25, 0.3) is 5.69 Å². The maximum Gasteiger partial charge on any atom is 0.416 e. The van der Waals surface area contributed by atoms with Gasteiger partial charge in [-0.15, -0.1) is 0 Å². The largest absolute Gasteiger partial charge is 0.416 e. The summed E-state index contributed by atoms with van der Waals surface area (Å²) in [6.07, 6.45) is -3.42. The van der Waals surface area contributed by atoms with Crippen molar-refractivity contribution in [2.24, 2.45) is 0 Å². The van der Waals surface area contributed by atoms with E-state index in [1.807, 2.05) is 0 Å². The third-order valence-corrected chi connectivity index (χ3v) is 3.35. The second-order valence-electron chi connectivity index (χ2n) is 4.93. The molecular formula is C14H9F3N4O2. The molecule has 0 saturated heterocycles. The van der Waals surface area contributed by atoms with Crippen LogP contribution in [0.2, 0.25) is 0 Å². The number of aromatic nitrogens is 3. The molecule has 0 fully saturated rings. The third kappa shape index (κ3) is 2.72. The molecule has 23 heavy (non-hydrogen) atoms. The minimum absolute atomic E-state index is 0.103. The van der Waals surface area contributed by atoms with Gasteiger partial charge in [0.2, 0.25) is 0 Å². The number of nitro groups is 1. The highest BCUT2D eigenvalue weighted by Gasteiger charge is 2.32. The quantitative estimate of drug-likeness (QED) is 0.573. The number of pyridine rings is 1. The van der Waals surface area contributed by atoms with Crippen LogP contribution < -0.4 is 0 Å². The standard InChI is InChI=1S/C14H9F3N4O2/c1-7-2-3-8(4-10(7)14(15,16)17)12-19-11-5-9(21(22)23)6-18-13(11)20-12/h2-6H,1H3,(H,18,19,20). The fourth-order valence-corrected chi connectivity index (χ4v) is 2.20. The molecule has 3 aromatic rings. The summed E-state index contributed by atoms with van der Waals surface area (Å²) in [5.41, 5.74) is -0.181. The monoisotopic (exact) mass is 322 g/mol. The van der Waals surface area contributed by atoms with Gasteiger partial charge in [-0.05, 0) is 18.6 Å². The van der Waals surface area contributed by atoms with Crippen molar-refractivity contribution in [2.75, 3.05) is 0 Å². The van der Waals surface area contributed by atoms with Crippen molar-refractivity contribution in [1.82, 2.24) is 15.0 Å². The molecule has 0 aliphatic rings. The van der Waals surface area contributed by atoms with Crippen LogP contribution in [0.5, 0.6) is 0 Å². The van der Waals surface area contributed by atoms with Gasteiger partial charge in [-0.1, -0.05) is 12.1 Å². The number of H-pyrrole nitrogens is 1. The molecule has 0 aliphatic heterocycles. The number of imidazole rings is 1. The smallest absolute Gasteiger partial charge is 0.336 e. The Morgan fingerprint density at radius 1 is 1.26 bits per heavy atom. The number of aromatic amines is 1. The maximum absolute atomic E-state index is 13.0. The normalized spacial score (nSPS) is 11.8. The van der Waals surface area contributed by atoms with E-state index in [0.717, 1.165) is 12.3 Å². The van der Waals surface area contributed by atoms with E-state index in [1.54, 1.807) is 0 Å². The first-order valence-electron chi connectivity index (χ1n) is 6.44. The number of benzene rings is 1. The number of alkyl halides is 3. The molecule has 0 saturated carbocycles. The maximum atomic E-state index is 13.0. The minimum atomic E-state index is -4.47. The van der Waals surface area contributed by atoms with Crippen LogP contribution in [-0.4, -0.2) is 19.9 Å². The Morgan fingerprint density at radius 2 is 2.00 bits per heavy atom. The number of aryl methyl sites for hydroxylation is 1. The Kier molecular flexibility index (Phi) is 3.28. The number of rotatable bonds is 2. The molecule has 0 amide bonds. The van der Waals surface area contributed by atoms with Crippen molar-refractivity contribution in [3.8, 4) is 11.4 Å². The van der Waals surface area contributed by atoms with Crippen molar-refractivity contribution < 1.29 is 18.1 Å². The van der Waals surface area contributed by atoms with Crippen molar-refractivity contribution >= 4 is 16.9 Å². The molecule has 6 nitrogen and oxygen atoms in total. The Labute approximate surface area is 127 Å². The first-order valence-corrected chi connectivity index (χ1v) is 6.44. The second-order valence-corrected chi connectivity index (χ2v) is 4.93. The first-order chi connectivity index (χ1) is 10.8. The van der Waals surface area contributed by atoms with Gasteiger partial charge in [-0.3, -0.25) is 10.1 Å². The summed E-state index contributed by atoms with van der Waals surface area (Å²) in [6, 6.07) is 5.07. The molecule has 0 bridgehead atoms. The van der Waals surface area contributed by atoms with Crippen LogP contribution in [0.1, 0.15) is 11.1 Å². The highest BCUT2D eigenvalue weighted by Crippen LogP contribution is 2.34. The van der Waals surface area contributed by atoms with Crippen LogP contribution in [0.25, 0.3) is 22.6 Å². The molecule has 0 spiro atoms. The molecule has 3 rings (SSSR count). The van der Waals surface area contributed by atoms with Crippen molar-refractivity contribution in [1.29, 1.82) is 0 Å². The van der Waals surface area contributed by atoms with Crippen LogP contribution in [0, 0.1) is 17.0 Å². The SMILES string of the molecule is Cc1ccc(-c2nc3ncc([N+](=O)[O-])cc3[nH]2)cc1C(F)(F)F. The zero-order valence-electron chi connectivity index (χ0n) is 11.7. The predicted molar refractivity (Wildman–Crippen MR) is 75.7 cm³/mol. The number of halogens is 3. The van der Waals surface area contributed by atoms with Crippen molar-refractivity contribution in [3.63, 3.8) is 0 Å². The van der Waals surface area contributed by atoms with Crippen LogP contribution in [0.4, 0.5) is 18.9 Å². The van der Waals surface area contributed by atoms with Gasteiger partial charge in [0, 0.05) is 11.6 Å². The van der Waals surface area contributed by atoms with Gasteiger partial charge in [-0.25, -0.2) is 9.97 Å². The van der Waals surface area contributed by atoms with E-state index in [1.165, 1.54) is 25.1 Å². The molecule has 0 atom stereocenters. The summed E-state index contributed by atoms with van der Waals surface area (Å²) >= 11 is 0. The van der Waals surface area contributed by atoms with E-state index >= 15 is 0 Å². The molecule has 0 aliphatic carbocycles. The van der Waals surface area contributed by atoms with Gasteiger partial charge >= 0.3 is 6.18 Å². The summed E-state index contributed by atoms with van der Waals surface area (Å²) in [6.45, 7) is 1.37. The molecule has 0 unspecified atom stereocenters. The molecule has 0 radical (unpaired) electrons. The van der Waals surface area contributed by atoms with Gasteiger partial charge < -0.3 is 4.98 Å². The Bertz CT molecular complexity index is 918. The van der Waals surface area contributed by atoms with E-state index in [-0.39, 0.29) is 33.8 Å². The zero-order chi connectivity index (χ0) is 16.8. The fraction of sp³-hybridized carbons (Fsp3) is 0.143. The Balaban J connectivity index is 2.12. The number of nitrogens with one attached hydrogen (secondary N) is 1. The highest BCUT2D eigenvalue weighted by atomic mass is 19.4. The van der Waals surface area contributed by atoms with Crippen LogP contribution in [-0.2, 0) is 6.18 Å². The van der Waals surface area contributed by atoms with Crippen molar-refractivity contribution in [2.45, 2.75) is 13.1 Å². The van der Waals surface area contributed by atoms with E-state index in [9.17, 15) is 23.3 Å². The molecule has 2 aromatic heterocycles. The average Bonchev–Trinajstić information content (AvgIpc) is 2.89. The number of fused-ring (bicyclic) bond motifs is 1. The van der Waals surface area contributed by atoms with Crippen molar-refractivity contribution in [3.05, 3.63) is 51.7 Å². The number of nitrogens with zero attached hydrogens (tertiary/aromatic N) is 3. The lowest BCUT2D eigenvalue weighted by Gasteiger charge is -2.11. The van der Waals surface area contributed by atoms with Gasteiger partial charge in [0.15, 0.2) is 5.65 Å². The fourth-order valence-electron chi connectivity index (χ4n) is 2.20. The van der Waals surface area contributed by atoms with E-state index in [4.69, 9.17) is 0 Å². The van der Waals surface area contributed by atoms with Crippen LogP contribution in [0.15, 0.2) is 30.5 Å². The minimum Gasteiger partial charge on any atom is -0.336 e.